The van der Waals surface area contributed by atoms with Crippen molar-refractivity contribution in [3.05, 3.63) is 78.4 Å². The third-order valence-electron chi connectivity index (χ3n) is 7.06. The van der Waals surface area contributed by atoms with Crippen LogP contribution in [0.5, 0.6) is 0 Å². The van der Waals surface area contributed by atoms with Crippen LogP contribution in [0.4, 0.5) is 17.6 Å². The number of halogens is 4. The number of nitrogens with one attached hydrogen (secondary N) is 2. The van der Waals surface area contributed by atoms with E-state index in [0.717, 1.165) is 0 Å². The smallest absolute Gasteiger partial charge is 0.261 e. The maximum Gasteiger partial charge on any atom is 0.261 e. The molecule has 1 aliphatic rings. The van der Waals surface area contributed by atoms with Crippen LogP contribution in [0, 0.1) is 11.6 Å². The fourth-order valence-electron chi connectivity index (χ4n) is 5.17. The Morgan fingerprint density at radius 1 is 0.950 bits per heavy atom. The number of pyridine rings is 3. The van der Waals surface area contributed by atoms with Crippen LogP contribution >= 0.6 is 0 Å². The van der Waals surface area contributed by atoms with E-state index in [0.29, 0.717) is 33.4 Å². The van der Waals surface area contributed by atoms with Gasteiger partial charge in [-0.15, -0.1) is 0 Å². The first-order valence-electron chi connectivity index (χ1n) is 12.5. The molecule has 0 saturated carbocycles. The van der Waals surface area contributed by atoms with Crippen LogP contribution in [0.2, 0.25) is 0 Å². The van der Waals surface area contributed by atoms with Crippen LogP contribution in [-0.2, 0) is 6.54 Å². The molecule has 40 heavy (non-hydrogen) atoms. The summed E-state index contributed by atoms with van der Waals surface area (Å²) in [7, 11) is 0. The van der Waals surface area contributed by atoms with Gasteiger partial charge in [0.1, 0.15) is 22.8 Å². The predicted molar refractivity (Wildman–Crippen MR) is 140 cm³/mol. The molecule has 0 aliphatic carbocycles. The number of hydrogen-bond donors (Lipinski definition) is 2. The lowest BCUT2D eigenvalue weighted by Gasteiger charge is -2.15. The van der Waals surface area contributed by atoms with Gasteiger partial charge in [-0.05, 0) is 23.8 Å². The maximum atomic E-state index is 16.1. The molecule has 1 aliphatic heterocycles. The molecule has 2 N–H and O–H groups in total. The van der Waals surface area contributed by atoms with E-state index in [9.17, 15) is 13.2 Å². The molecular formula is C28H20F4N8. The molecule has 5 aromatic heterocycles. The van der Waals surface area contributed by atoms with Crippen molar-refractivity contribution in [2.75, 3.05) is 13.1 Å². The summed E-state index contributed by atoms with van der Waals surface area (Å²) < 4.78 is 57.9. The second-order valence-electron chi connectivity index (χ2n) is 9.80. The summed E-state index contributed by atoms with van der Waals surface area (Å²) in [5.41, 5.74) is 3.40. The fraction of sp³-hybridized carbons (Fsp3) is 0.179. The number of likely N-dealkylation sites (tertiary alicyclic amines) is 1. The molecule has 1 fully saturated rings. The normalized spacial score (nSPS) is 15.4. The van der Waals surface area contributed by atoms with E-state index in [-0.39, 0.29) is 54.2 Å². The van der Waals surface area contributed by atoms with Gasteiger partial charge in [-0.1, -0.05) is 18.2 Å². The van der Waals surface area contributed by atoms with Gasteiger partial charge in [-0.3, -0.25) is 15.0 Å². The number of aromatic amines is 2. The van der Waals surface area contributed by atoms with Crippen LogP contribution in [-0.4, -0.2) is 59.0 Å². The monoisotopic (exact) mass is 544 g/mol. The molecular weight excluding hydrogens is 524 g/mol. The number of nitrogens with zero attached hydrogens (tertiary/aromatic N) is 6. The largest absolute Gasteiger partial charge is 0.321 e. The Balaban J connectivity index is 1.29. The van der Waals surface area contributed by atoms with Gasteiger partial charge in [0.05, 0.1) is 11.9 Å². The Kier molecular flexibility index (Phi) is 5.59. The van der Waals surface area contributed by atoms with Gasteiger partial charge in [-0.2, -0.15) is 5.10 Å². The van der Waals surface area contributed by atoms with Crippen molar-refractivity contribution in [1.29, 1.82) is 0 Å². The van der Waals surface area contributed by atoms with Gasteiger partial charge in [0.15, 0.2) is 17.1 Å². The first-order valence-corrected chi connectivity index (χ1v) is 12.5. The van der Waals surface area contributed by atoms with Crippen molar-refractivity contribution in [3.8, 4) is 33.8 Å². The molecule has 0 amide bonds. The van der Waals surface area contributed by atoms with Gasteiger partial charge < -0.3 is 4.98 Å². The number of alkyl halides is 2. The zero-order chi connectivity index (χ0) is 27.4. The minimum atomic E-state index is -2.70. The summed E-state index contributed by atoms with van der Waals surface area (Å²) in [6, 6.07) is 9.73. The predicted octanol–water partition coefficient (Wildman–Crippen LogP) is 5.74. The number of aromatic nitrogens is 7. The van der Waals surface area contributed by atoms with Crippen molar-refractivity contribution >= 4 is 22.2 Å². The lowest BCUT2D eigenvalue weighted by atomic mass is 10.0. The number of rotatable bonds is 5. The highest BCUT2D eigenvalue weighted by molar-refractivity contribution is 5.96. The minimum Gasteiger partial charge on any atom is -0.321 e. The van der Waals surface area contributed by atoms with Crippen molar-refractivity contribution in [2.24, 2.45) is 0 Å². The van der Waals surface area contributed by atoms with Gasteiger partial charge in [0, 0.05) is 66.6 Å². The average molecular weight is 545 g/mol. The Morgan fingerprint density at radius 2 is 1.82 bits per heavy atom. The first kappa shape index (κ1) is 24.3. The molecule has 1 saturated heterocycles. The fourth-order valence-corrected chi connectivity index (χ4v) is 5.17. The molecule has 0 atom stereocenters. The summed E-state index contributed by atoms with van der Waals surface area (Å²) in [4.78, 5) is 22.2. The number of fused-ring (bicyclic) bond motifs is 2. The zero-order valence-corrected chi connectivity index (χ0v) is 20.8. The molecule has 0 spiro atoms. The summed E-state index contributed by atoms with van der Waals surface area (Å²) in [6.45, 7) is 0.242. The van der Waals surface area contributed by atoms with Gasteiger partial charge >= 0.3 is 0 Å². The standard InChI is InChI=1S/C28H20F4N8/c29-20-4-2-1-3-17(20)18-5-7-34-26-23(18)36-27(37-26)24-21-22(30)19(12-35-25(21)39-38-24)16-9-15(10-33-11-16)13-40-8-6-28(31,32)14-40/h1-5,7,9-12H,6,8,13-14H2,(H,34,36,37)(H,35,38,39). The highest BCUT2D eigenvalue weighted by Crippen LogP contribution is 2.35. The lowest BCUT2D eigenvalue weighted by Crippen LogP contribution is -2.24. The third-order valence-corrected chi connectivity index (χ3v) is 7.06. The van der Waals surface area contributed by atoms with E-state index in [1.807, 2.05) is 0 Å². The molecule has 0 bridgehead atoms. The third kappa shape index (κ3) is 4.16. The Bertz CT molecular complexity index is 1900. The quantitative estimate of drug-likeness (QED) is 0.269. The molecule has 0 unspecified atom stereocenters. The second-order valence-corrected chi connectivity index (χ2v) is 9.80. The SMILES string of the molecule is Fc1ccccc1-c1ccnc2[nH]c(-c3n[nH]c4ncc(-c5cncc(CN6CCC(F)(F)C6)c5)c(F)c34)nc12. The highest BCUT2D eigenvalue weighted by Gasteiger charge is 2.38. The zero-order valence-electron chi connectivity index (χ0n) is 20.8. The van der Waals surface area contributed by atoms with Crippen LogP contribution in [0.25, 0.3) is 56.0 Å². The Labute approximate surface area is 224 Å². The molecule has 1 aromatic carbocycles. The average Bonchev–Trinajstić information content (AvgIpc) is 3.65. The van der Waals surface area contributed by atoms with Crippen molar-refractivity contribution in [3.63, 3.8) is 0 Å². The number of imidazole rings is 1. The van der Waals surface area contributed by atoms with E-state index in [1.165, 1.54) is 24.7 Å². The molecule has 8 nitrogen and oxygen atoms in total. The van der Waals surface area contributed by atoms with E-state index < -0.39 is 17.6 Å². The summed E-state index contributed by atoms with van der Waals surface area (Å²) in [5, 5.41) is 7.10. The lowest BCUT2D eigenvalue weighted by molar-refractivity contribution is 0.0115. The van der Waals surface area contributed by atoms with Crippen LogP contribution in [0.15, 0.2) is 61.2 Å². The minimum absolute atomic E-state index is 0.105. The van der Waals surface area contributed by atoms with Crippen LogP contribution < -0.4 is 0 Å². The van der Waals surface area contributed by atoms with Crippen molar-refractivity contribution in [2.45, 2.75) is 18.9 Å². The van der Waals surface area contributed by atoms with E-state index in [1.54, 1.807) is 41.4 Å². The van der Waals surface area contributed by atoms with E-state index >= 15 is 4.39 Å². The van der Waals surface area contributed by atoms with Gasteiger partial charge in [0.2, 0.25) is 0 Å². The number of H-pyrrole nitrogens is 2. The van der Waals surface area contributed by atoms with E-state index in [2.05, 4.69) is 35.1 Å². The van der Waals surface area contributed by atoms with Gasteiger partial charge in [0.25, 0.3) is 5.92 Å². The molecule has 12 heteroatoms. The highest BCUT2D eigenvalue weighted by atomic mass is 19.3. The number of hydrogen-bond acceptors (Lipinski definition) is 6. The molecule has 0 radical (unpaired) electrons. The van der Waals surface area contributed by atoms with Crippen molar-refractivity contribution in [1.82, 2.24) is 40.0 Å². The van der Waals surface area contributed by atoms with Gasteiger partial charge in [-0.25, -0.2) is 32.5 Å². The Morgan fingerprint density at radius 3 is 2.65 bits per heavy atom. The van der Waals surface area contributed by atoms with E-state index in [4.69, 9.17) is 0 Å². The van der Waals surface area contributed by atoms with Crippen molar-refractivity contribution < 1.29 is 17.6 Å². The second kappa shape index (κ2) is 9.19. The molecule has 6 heterocycles. The molecule has 7 rings (SSSR count). The maximum absolute atomic E-state index is 16.1. The first-order chi connectivity index (χ1) is 19.4. The number of benzene rings is 1. The molecule has 6 aromatic rings. The summed E-state index contributed by atoms with van der Waals surface area (Å²) in [5.74, 6) is -3.47. The van der Waals surface area contributed by atoms with Crippen LogP contribution in [0.1, 0.15) is 12.0 Å². The van der Waals surface area contributed by atoms with Crippen LogP contribution in [0.3, 0.4) is 0 Å². The topological polar surface area (TPSA) is 99.3 Å². The summed E-state index contributed by atoms with van der Waals surface area (Å²) in [6.07, 6.45) is 5.82. The molecule has 200 valence electrons. The Hall–Kier alpha value is -4.71. The summed E-state index contributed by atoms with van der Waals surface area (Å²) >= 11 is 0.